The SMILES string of the molecule is COc1ccc(C(=O)NCc2nnc(SC(C)c3ccccc3)n2Cc2ccccc2)cc1. The first-order chi connectivity index (χ1) is 16.1. The molecule has 6 nitrogen and oxygen atoms in total. The Hall–Kier alpha value is -3.58. The maximum absolute atomic E-state index is 12.6. The Morgan fingerprint density at radius 2 is 1.64 bits per heavy atom. The van der Waals surface area contributed by atoms with Gasteiger partial charge in [0.15, 0.2) is 11.0 Å². The third-order valence-electron chi connectivity index (χ3n) is 5.29. The molecule has 1 atom stereocenters. The number of carbonyl (C=O) groups excluding carboxylic acids is 1. The first-order valence-electron chi connectivity index (χ1n) is 10.7. The van der Waals surface area contributed by atoms with Gasteiger partial charge in [0.1, 0.15) is 5.75 Å². The summed E-state index contributed by atoms with van der Waals surface area (Å²) in [5.41, 5.74) is 2.94. The average molecular weight is 459 g/mol. The molecule has 1 unspecified atom stereocenters. The van der Waals surface area contributed by atoms with Crippen LogP contribution < -0.4 is 10.1 Å². The van der Waals surface area contributed by atoms with E-state index in [1.807, 2.05) is 36.4 Å². The predicted octanol–water partition coefficient (Wildman–Crippen LogP) is 5.12. The van der Waals surface area contributed by atoms with Crippen molar-refractivity contribution in [2.75, 3.05) is 7.11 Å². The number of rotatable bonds is 9. The van der Waals surface area contributed by atoms with E-state index in [2.05, 4.69) is 51.3 Å². The normalized spacial score (nSPS) is 11.7. The molecule has 33 heavy (non-hydrogen) atoms. The fourth-order valence-corrected chi connectivity index (χ4v) is 4.41. The minimum atomic E-state index is -0.168. The van der Waals surface area contributed by atoms with Crippen LogP contribution in [0, 0.1) is 0 Å². The highest BCUT2D eigenvalue weighted by Gasteiger charge is 2.18. The molecule has 4 aromatic rings. The molecule has 0 aliphatic carbocycles. The Morgan fingerprint density at radius 1 is 0.970 bits per heavy atom. The lowest BCUT2D eigenvalue weighted by atomic mass is 10.2. The van der Waals surface area contributed by atoms with Gasteiger partial charge in [-0.25, -0.2) is 0 Å². The molecule has 7 heteroatoms. The zero-order valence-electron chi connectivity index (χ0n) is 18.6. The van der Waals surface area contributed by atoms with Gasteiger partial charge in [-0.3, -0.25) is 4.79 Å². The summed E-state index contributed by atoms with van der Waals surface area (Å²) in [5.74, 6) is 1.26. The van der Waals surface area contributed by atoms with Gasteiger partial charge in [-0.15, -0.1) is 10.2 Å². The van der Waals surface area contributed by atoms with Crippen molar-refractivity contribution in [2.24, 2.45) is 0 Å². The molecule has 0 aliphatic heterocycles. The highest BCUT2D eigenvalue weighted by Crippen LogP contribution is 2.34. The predicted molar refractivity (Wildman–Crippen MR) is 130 cm³/mol. The molecule has 0 fully saturated rings. The molecule has 4 rings (SSSR count). The summed E-state index contributed by atoms with van der Waals surface area (Å²) in [6.07, 6.45) is 0. The molecular formula is C26H26N4O2S. The van der Waals surface area contributed by atoms with E-state index in [9.17, 15) is 4.79 Å². The monoisotopic (exact) mass is 458 g/mol. The van der Waals surface area contributed by atoms with Crippen molar-refractivity contribution in [2.45, 2.75) is 30.4 Å². The van der Waals surface area contributed by atoms with Gasteiger partial charge in [0.05, 0.1) is 20.2 Å². The zero-order chi connectivity index (χ0) is 23.0. The second-order valence-electron chi connectivity index (χ2n) is 7.55. The van der Waals surface area contributed by atoms with Crippen LogP contribution in [0.3, 0.4) is 0 Å². The molecule has 0 radical (unpaired) electrons. The van der Waals surface area contributed by atoms with E-state index >= 15 is 0 Å². The van der Waals surface area contributed by atoms with E-state index in [4.69, 9.17) is 4.74 Å². The molecular weight excluding hydrogens is 432 g/mol. The Labute approximate surface area is 198 Å². The molecule has 0 saturated heterocycles. The van der Waals surface area contributed by atoms with Gasteiger partial charge in [0.2, 0.25) is 0 Å². The summed E-state index contributed by atoms with van der Waals surface area (Å²) in [6, 6.07) is 27.6. The molecule has 0 spiro atoms. The highest BCUT2D eigenvalue weighted by atomic mass is 32.2. The Kier molecular flexibility index (Phi) is 7.42. The first kappa shape index (κ1) is 22.6. The number of hydrogen-bond acceptors (Lipinski definition) is 5. The van der Waals surface area contributed by atoms with E-state index in [1.54, 1.807) is 43.1 Å². The zero-order valence-corrected chi connectivity index (χ0v) is 19.5. The summed E-state index contributed by atoms with van der Waals surface area (Å²) >= 11 is 1.66. The Bertz CT molecular complexity index is 1180. The number of nitrogens with zero attached hydrogens (tertiary/aromatic N) is 3. The summed E-state index contributed by atoms with van der Waals surface area (Å²) in [7, 11) is 1.60. The van der Waals surface area contributed by atoms with Gasteiger partial charge in [-0.2, -0.15) is 0 Å². The largest absolute Gasteiger partial charge is 0.497 e. The first-order valence-corrected chi connectivity index (χ1v) is 11.6. The van der Waals surface area contributed by atoms with Crippen molar-refractivity contribution in [3.63, 3.8) is 0 Å². The molecule has 0 bridgehead atoms. The maximum Gasteiger partial charge on any atom is 0.251 e. The lowest BCUT2D eigenvalue weighted by Crippen LogP contribution is -2.25. The second-order valence-corrected chi connectivity index (χ2v) is 8.86. The standard InChI is InChI=1S/C26H26N4O2S/c1-19(21-11-7-4-8-12-21)33-26-29-28-24(30(26)18-20-9-5-3-6-10-20)17-27-25(31)22-13-15-23(32-2)16-14-22/h3-16,19H,17-18H2,1-2H3,(H,27,31). The number of carbonyl (C=O) groups is 1. The van der Waals surface area contributed by atoms with Gasteiger partial charge >= 0.3 is 0 Å². The topological polar surface area (TPSA) is 69.0 Å². The smallest absolute Gasteiger partial charge is 0.251 e. The number of amides is 1. The molecule has 1 amide bonds. The van der Waals surface area contributed by atoms with Crippen LogP contribution in [-0.4, -0.2) is 27.8 Å². The van der Waals surface area contributed by atoms with E-state index in [-0.39, 0.29) is 17.7 Å². The summed E-state index contributed by atoms with van der Waals surface area (Å²) in [5, 5.41) is 12.9. The molecule has 1 N–H and O–H groups in total. The molecule has 0 aliphatic rings. The summed E-state index contributed by atoms with van der Waals surface area (Å²) < 4.78 is 7.24. The van der Waals surface area contributed by atoms with Crippen molar-refractivity contribution in [1.82, 2.24) is 20.1 Å². The van der Waals surface area contributed by atoms with Crippen LogP contribution in [0.1, 0.15) is 39.5 Å². The van der Waals surface area contributed by atoms with Crippen molar-refractivity contribution in [3.05, 3.63) is 107 Å². The van der Waals surface area contributed by atoms with Crippen molar-refractivity contribution in [3.8, 4) is 5.75 Å². The van der Waals surface area contributed by atoms with Crippen LogP contribution in [0.25, 0.3) is 0 Å². The number of ether oxygens (including phenoxy) is 1. The van der Waals surface area contributed by atoms with Gasteiger partial charge < -0.3 is 14.6 Å². The van der Waals surface area contributed by atoms with E-state index < -0.39 is 0 Å². The van der Waals surface area contributed by atoms with Crippen LogP contribution in [-0.2, 0) is 13.1 Å². The maximum atomic E-state index is 12.6. The molecule has 1 aromatic heterocycles. The van der Waals surface area contributed by atoms with Gasteiger partial charge in [-0.1, -0.05) is 72.4 Å². The Morgan fingerprint density at radius 3 is 2.30 bits per heavy atom. The molecule has 168 valence electrons. The summed E-state index contributed by atoms with van der Waals surface area (Å²) in [6.45, 7) is 3.07. The third-order valence-corrected chi connectivity index (χ3v) is 6.43. The number of hydrogen-bond donors (Lipinski definition) is 1. The fourth-order valence-electron chi connectivity index (χ4n) is 3.42. The Balaban J connectivity index is 1.53. The minimum absolute atomic E-state index is 0.168. The minimum Gasteiger partial charge on any atom is -0.497 e. The van der Waals surface area contributed by atoms with Crippen molar-refractivity contribution >= 4 is 17.7 Å². The fraction of sp³-hybridized carbons (Fsp3) is 0.192. The lowest BCUT2D eigenvalue weighted by molar-refractivity contribution is 0.0949. The lowest BCUT2D eigenvalue weighted by Gasteiger charge is -2.14. The van der Waals surface area contributed by atoms with Crippen molar-refractivity contribution < 1.29 is 9.53 Å². The molecule has 1 heterocycles. The van der Waals surface area contributed by atoms with E-state index in [0.29, 0.717) is 23.7 Å². The van der Waals surface area contributed by atoms with Gasteiger partial charge in [0, 0.05) is 10.8 Å². The number of aromatic nitrogens is 3. The summed E-state index contributed by atoms with van der Waals surface area (Å²) in [4.78, 5) is 12.6. The second kappa shape index (κ2) is 10.8. The number of thioether (sulfide) groups is 1. The third kappa shape index (κ3) is 5.81. The van der Waals surface area contributed by atoms with Crippen LogP contribution >= 0.6 is 11.8 Å². The number of nitrogens with one attached hydrogen (secondary N) is 1. The van der Waals surface area contributed by atoms with Gasteiger partial charge in [-0.05, 0) is 42.3 Å². The van der Waals surface area contributed by atoms with Gasteiger partial charge in [0.25, 0.3) is 5.91 Å². The van der Waals surface area contributed by atoms with Crippen LogP contribution in [0.5, 0.6) is 5.75 Å². The molecule has 0 saturated carbocycles. The molecule has 3 aromatic carbocycles. The van der Waals surface area contributed by atoms with Crippen molar-refractivity contribution in [1.29, 1.82) is 0 Å². The quantitative estimate of drug-likeness (QED) is 0.353. The average Bonchev–Trinajstić information content (AvgIpc) is 3.24. The van der Waals surface area contributed by atoms with E-state index in [1.165, 1.54) is 5.56 Å². The van der Waals surface area contributed by atoms with Crippen LogP contribution in [0.4, 0.5) is 0 Å². The van der Waals surface area contributed by atoms with Crippen LogP contribution in [0.15, 0.2) is 90.1 Å². The van der Waals surface area contributed by atoms with Crippen LogP contribution in [0.2, 0.25) is 0 Å². The highest BCUT2D eigenvalue weighted by molar-refractivity contribution is 7.99. The number of methoxy groups -OCH3 is 1. The van der Waals surface area contributed by atoms with E-state index in [0.717, 1.165) is 10.7 Å². The number of benzene rings is 3.